The van der Waals surface area contributed by atoms with Gasteiger partial charge in [-0.05, 0) is 41.5 Å². The maximum Gasteiger partial charge on any atom is 0.343 e. The molecular weight excluding hydrogens is 368 g/mol. The van der Waals surface area contributed by atoms with Crippen molar-refractivity contribution in [1.82, 2.24) is 0 Å². The lowest BCUT2D eigenvalue weighted by Gasteiger charge is -2.12. The molecule has 0 aliphatic rings. The summed E-state index contributed by atoms with van der Waals surface area (Å²) in [6.07, 6.45) is 3.97. The third kappa shape index (κ3) is 4.96. The molecule has 0 saturated carbocycles. The van der Waals surface area contributed by atoms with Gasteiger partial charge in [0.2, 0.25) is 0 Å². The first-order chi connectivity index (χ1) is 14.1. The lowest BCUT2D eigenvalue weighted by molar-refractivity contribution is 0.0729. The Bertz CT molecular complexity index is 1010. The second kappa shape index (κ2) is 9.46. The first-order valence-electron chi connectivity index (χ1n) is 9.00. The molecule has 3 aromatic rings. The van der Waals surface area contributed by atoms with Gasteiger partial charge in [-0.15, -0.1) is 0 Å². The number of hydrogen-bond acceptors (Lipinski definition) is 5. The summed E-state index contributed by atoms with van der Waals surface area (Å²) >= 11 is 0. The van der Waals surface area contributed by atoms with E-state index >= 15 is 0 Å². The summed E-state index contributed by atoms with van der Waals surface area (Å²) in [5, 5.41) is 0. The molecule has 0 aromatic heterocycles. The van der Waals surface area contributed by atoms with E-state index in [0.717, 1.165) is 11.1 Å². The van der Waals surface area contributed by atoms with Gasteiger partial charge in [-0.25, -0.2) is 4.79 Å². The van der Waals surface area contributed by atoms with Crippen LogP contribution in [0, 0.1) is 0 Å². The van der Waals surface area contributed by atoms with E-state index in [9.17, 15) is 4.79 Å². The molecule has 5 heteroatoms. The van der Waals surface area contributed by atoms with Crippen molar-refractivity contribution in [2.75, 3.05) is 21.3 Å². The van der Waals surface area contributed by atoms with Crippen LogP contribution in [-0.4, -0.2) is 27.3 Å². The van der Waals surface area contributed by atoms with Gasteiger partial charge in [0.1, 0.15) is 0 Å². The summed E-state index contributed by atoms with van der Waals surface area (Å²) in [6, 6.07) is 20.2. The van der Waals surface area contributed by atoms with Crippen LogP contribution >= 0.6 is 0 Å². The Balaban J connectivity index is 1.78. The van der Waals surface area contributed by atoms with Crippen molar-refractivity contribution in [3.63, 3.8) is 0 Å². The quantitative estimate of drug-likeness (QED) is 0.319. The molecule has 0 unspecified atom stereocenters. The van der Waals surface area contributed by atoms with Crippen molar-refractivity contribution in [1.29, 1.82) is 0 Å². The molecule has 0 spiro atoms. The Morgan fingerprint density at radius 3 is 1.97 bits per heavy atom. The highest BCUT2D eigenvalue weighted by Crippen LogP contribution is 2.31. The lowest BCUT2D eigenvalue weighted by Crippen LogP contribution is -2.09. The average molecular weight is 390 g/mol. The number of carbonyl (C=O) groups excluding carboxylic acids is 1. The molecule has 0 amide bonds. The molecule has 0 atom stereocenters. The summed E-state index contributed by atoms with van der Waals surface area (Å²) in [6.45, 7) is 0. The van der Waals surface area contributed by atoms with Crippen molar-refractivity contribution in [2.45, 2.75) is 0 Å². The Labute approximate surface area is 170 Å². The molecule has 3 aromatic carbocycles. The Kier molecular flexibility index (Phi) is 6.53. The van der Waals surface area contributed by atoms with Gasteiger partial charge in [0.25, 0.3) is 0 Å². The molecular formula is C24H22O5. The largest absolute Gasteiger partial charge is 0.493 e. The van der Waals surface area contributed by atoms with Crippen LogP contribution in [0.5, 0.6) is 23.0 Å². The highest BCUT2D eigenvalue weighted by Gasteiger charge is 2.15. The summed E-state index contributed by atoms with van der Waals surface area (Å²) in [7, 11) is 4.58. The standard InChI is InChI=1S/C24H22O5/c1-26-20-14-12-19(16-23(20)28-3)24(25)29-21-13-11-18(15-22(21)27-2)10-9-17-7-5-4-6-8-17/h4-16H,1-3H3/b10-9+. The van der Waals surface area contributed by atoms with E-state index < -0.39 is 5.97 Å². The third-order valence-electron chi connectivity index (χ3n) is 4.28. The molecule has 0 N–H and O–H groups in total. The monoisotopic (exact) mass is 390 g/mol. The van der Waals surface area contributed by atoms with Crippen LogP contribution in [0.3, 0.4) is 0 Å². The minimum absolute atomic E-state index is 0.337. The number of carbonyl (C=O) groups is 1. The van der Waals surface area contributed by atoms with Crippen LogP contribution in [0.2, 0.25) is 0 Å². The molecule has 5 nitrogen and oxygen atoms in total. The van der Waals surface area contributed by atoms with Crippen LogP contribution < -0.4 is 18.9 Å². The molecule has 0 radical (unpaired) electrons. The highest BCUT2D eigenvalue weighted by atomic mass is 16.6. The van der Waals surface area contributed by atoms with E-state index in [1.165, 1.54) is 21.3 Å². The van der Waals surface area contributed by atoms with Gasteiger partial charge >= 0.3 is 5.97 Å². The molecule has 0 fully saturated rings. The van der Waals surface area contributed by atoms with Crippen molar-refractivity contribution < 1.29 is 23.7 Å². The number of rotatable bonds is 7. The van der Waals surface area contributed by atoms with Crippen molar-refractivity contribution in [3.05, 3.63) is 83.4 Å². The summed E-state index contributed by atoms with van der Waals surface area (Å²) < 4.78 is 21.4. The highest BCUT2D eigenvalue weighted by molar-refractivity contribution is 5.92. The van der Waals surface area contributed by atoms with Gasteiger partial charge in [-0.3, -0.25) is 0 Å². The molecule has 0 aliphatic heterocycles. The van der Waals surface area contributed by atoms with Crippen molar-refractivity contribution in [2.24, 2.45) is 0 Å². The molecule has 0 aliphatic carbocycles. The van der Waals surface area contributed by atoms with Crippen LogP contribution in [0.25, 0.3) is 12.2 Å². The Morgan fingerprint density at radius 1 is 0.655 bits per heavy atom. The fraction of sp³-hybridized carbons (Fsp3) is 0.125. The predicted molar refractivity (Wildman–Crippen MR) is 113 cm³/mol. The van der Waals surface area contributed by atoms with E-state index in [4.69, 9.17) is 18.9 Å². The Morgan fingerprint density at radius 2 is 1.28 bits per heavy atom. The molecule has 0 bridgehead atoms. The smallest absolute Gasteiger partial charge is 0.343 e. The molecule has 3 rings (SSSR count). The lowest BCUT2D eigenvalue weighted by atomic mass is 10.1. The third-order valence-corrected chi connectivity index (χ3v) is 4.28. The zero-order valence-electron chi connectivity index (χ0n) is 16.5. The minimum Gasteiger partial charge on any atom is -0.493 e. The van der Waals surface area contributed by atoms with Crippen molar-refractivity contribution >= 4 is 18.1 Å². The zero-order chi connectivity index (χ0) is 20.6. The van der Waals surface area contributed by atoms with E-state index in [2.05, 4.69) is 0 Å². The van der Waals surface area contributed by atoms with E-state index in [1.54, 1.807) is 24.3 Å². The molecule has 0 heterocycles. The number of benzene rings is 3. The van der Waals surface area contributed by atoms with Gasteiger partial charge in [-0.1, -0.05) is 48.6 Å². The SMILES string of the molecule is COc1ccc(C(=O)Oc2ccc(/C=C/c3ccccc3)cc2OC)cc1OC. The molecule has 29 heavy (non-hydrogen) atoms. The van der Waals surface area contributed by atoms with E-state index in [1.807, 2.05) is 54.6 Å². The van der Waals surface area contributed by atoms with Gasteiger partial charge in [0.15, 0.2) is 23.0 Å². The first-order valence-corrected chi connectivity index (χ1v) is 9.00. The minimum atomic E-state index is -0.517. The fourth-order valence-corrected chi connectivity index (χ4v) is 2.75. The summed E-state index contributed by atoms with van der Waals surface area (Å²) in [5.74, 6) is 1.28. The maximum absolute atomic E-state index is 12.6. The van der Waals surface area contributed by atoms with Gasteiger partial charge in [0.05, 0.1) is 26.9 Å². The number of methoxy groups -OCH3 is 3. The fourth-order valence-electron chi connectivity index (χ4n) is 2.75. The molecule has 0 saturated heterocycles. The number of esters is 1. The maximum atomic E-state index is 12.6. The Hall–Kier alpha value is -3.73. The van der Waals surface area contributed by atoms with Crippen LogP contribution in [0.15, 0.2) is 66.7 Å². The average Bonchev–Trinajstić information content (AvgIpc) is 2.78. The zero-order valence-corrected chi connectivity index (χ0v) is 16.5. The van der Waals surface area contributed by atoms with Crippen molar-refractivity contribution in [3.8, 4) is 23.0 Å². The van der Waals surface area contributed by atoms with Gasteiger partial charge in [0, 0.05) is 0 Å². The van der Waals surface area contributed by atoms with E-state index in [0.29, 0.717) is 28.6 Å². The normalized spacial score (nSPS) is 10.6. The van der Waals surface area contributed by atoms with Crippen LogP contribution in [0.1, 0.15) is 21.5 Å². The second-order valence-corrected chi connectivity index (χ2v) is 6.11. The topological polar surface area (TPSA) is 54.0 Å². The molecule has 148 valence electrons. The predicted octanol–water partition coefficient (Wildman–Crippen LogP) is 5.10. The summed E-state index contributed by atoms with van der Waals surface area (Å²) in [4.78, 5) is 12.6. The number of ether oxygens (including phenoxy) is 4. The second-order valence-electron chi connectivity index (χ2n) is 6.11. The van der Waals surface area contributed by atoms with Gasteiger partial charge < -0.3 is 18.9 Å². The summed E-state index contributed by atoms with van der Waals surface area (Å²) in [5.41, 5.74) is 2.37. The van der Waals surface area contributed by atoms with E-state index in [-0.39, 0.29) is 0 Å². The van der Waals surface area contributed by atoms with Crippen LogP contribution in [-0.2, 0) is 0 Å². The first kappa shape index (κ1) is 20.0. The number of hydrogen-bond donors (Lipinski definition) is 0. The van der Waals surface area contributed by atoms with Gasteiger partial charge in [-0.2, -0.15) is 0 Å². The van der Waals surface area contributed by atoms with Crippen LogP contribution in [0.4, 0.5) is 0 Å².